The quantitative estimate of drug-likeness (QED) is 0.830. The fraction of sp³-hybridized carbons (Fsp3) is 0.385. The van der Waals surface area contributed by atoms with E-state index in [1.807, 2.05) is 32.2 Å². The van der Waals surface area contributed by atoms with E-state index in [2.05, 4.69) is 21.6 Å². The van der Waals surface area contributed by atoms with E-state index >= 15 is 0 Å². The van der Waals surface area contributed by atoms with Gasteiger partial charge in [-0.15, -0.1) is 10.2 Å². The van der Waals surface area contributed by atoms with Gasteiger partial charge in [-0.2, -0.15) is 0 Å². The lowest BCUT2D eigenvalue weighted by molar-refractivity contribution is 0.404. The first-order valence-corrected chi connectivity index (χ1v) is 7.78. The summed E-state index contributed by atoms with van der Waals surface area (Å²) in [5.41, 5.74) is 1.17. The summed E-state index contributed by atoms with van der Waals surface area (Å²) in [6, 6.07) is 8.31. The van der Waals surface area contributed by atoms with Gasteiger partial charge in [-0.3, -0.25) is 0 Å². The van der Waals surface area contributed by atoms with E-state index in [0.29, 0.717) is 0 Å². The van der Waals surface area contributed by atoms with Crippen molar-refractivity contribution < 1.29 is 4.74 Å². The zero-order chi connectivity index (χ0) is 13.7. The third-order valence-corrected chi connectivity index (χ3v) is 4.81. The Labute approximate surface area is 121 Å². The molecule has 0 aliphatic rings. The predicted molar refractivity (Wildman–Crippen MR) is 80.2 cm³/mol. The number of thioether (sulfide) groups is 1. The summed E-state index contributed by atoms with van der Waals surface area (Å²) in [5.74, 6) is 1.81. The lowest BCUT2D eigenvalue weighted by Gasteiger charge is -2.18. The van der Waals surface area contributed by atoms with Gasteiger partial charge in [0, 0.05) is 17.4 Å². The lowest BCUT2D eigenvalue weighted by Crippen LogP contribution is -2.19. The number of hydrogen-bond donors (Lipinski definition) is 1. The summed E-state index contributed by atoms with van der Waals surface area (Å²) >= 11 is 3.34. The summed E-state index contributed by atoms with van der Waals surface area (Å²) in [6.45, 7) is 1.97. The average molecular weight is 295 g/mol. The molecule has 4 nitrogen and oxygen atoms in total. The monoisotopic (exact) mass is 295 g/mol. The zero-order valence-electron chi connectivity index (χ0n) is 11.2. The normalized spacial score (nSPS) is 12.4. The molecule has 2 rings (SSSR count). The molecule has 6 heteroatoms. The average Bonchev–Trinajstić information content (AvgIpc) is 2.86. The van der Waals surface area contributed by atoms with Crippen molar-refractivity contribution in [2.45, 2.75) is 17.3 Å². The standard InChI is InChI=1S/C13H17N3OS2/c1-9-15-16-13(19-9)18-8-11(14-2)10-6-4-5-7-12(10)17-3/h4-7,11,14H,8H2,1-3H3. The number of nitrogens with one attached hydrogen (secondary N) is 1. The highest BCUT2D eigenvalue weighted by Crippen LogP contribution is 2.30. The molecular weight excluding hydrogens is 278 g/mol. The van der Waals surface area contributed by atoms with Crippen molar-refractivity contribution in [3.8, 4) is 5.75 Å². The van der Waals surface area contributed by atoms with Gasteiger partial charge in [0.05, 0.1) is 7.11 Å². The van der Waals surface area contributed by atoms with Crippen molar-refractivity contribution in [3.05, 3.63) is 34.8 Å². The van der Waals surface area contributed by atoms with Crippen LogP contribution in [0, 0.1) is 6.92 Å². The zero-order valence-corrected chi connectivity index (χ0v) is 12.8. The smallest absolute Gasteiger partial charge is 0.174 e. The van der Waals surface area contributed by atoms with Crippen LogP contribution in [0.25, 0.3) is 0 Å². The van der Waals surface area contributed by atoms with Crippen LogP contribution < -0.4 is 10.1 Å². The maximum absolute atomic E-state index is 5.41. The van der Waals surface area contributed by atoms with Crippen molar-refractivity contribution >= 4 is 23.1 Å². The van der Waals surface area contributed by atoms with Gasteiger partial charge in [0.25, 0.3) is 0 Å². The van der Waals surface area contributed by atoms with Crippen LogP contribution in [0.15, 0.2) is 28.6 Å². The van der Waals surface area contributed by atoms with Crippen molar-refractivity contribution in [3.63, 3.8) is 0 Å². The van der Waals surface area contributed by atoms with E-state index < -0.39 is 0 Å². The predicted octanol–water partition coefficient (Wildman–Crippen LogP) is 2.91. The van der Waals surface area contributed by atoms with Gasteiger partial charge < -0.3 is 10.1 Å². The topological polar surface area (TPSA) is 47.0 Å². The molecule has 1 heterocycles. The third-order valence-electron chi connectivity index (χ3n) is 2.74. The first-order valence-electron chi connectivity index (χ1n) is 5.97. The van der Waals surface area contributed by atoms with Gasteiger partial charge in [0.15, 0.2) is 4.34 Å². The number of nitrogens with zero attached hydrogens (tertiary/aromatic N) is 2. The molecule has 0 bridgehead atoms. The summed E-state index contributed by atoms with van der Waals surface area (Å²) in [7, 11) is 3.66. The number of ether oxygens (including phenoxy) is 1. The van der Waals surface area contributed by atoms with Gasteiger partial charge in [-0.25, -0.2) is 0 Å². The highest BCUT2D eigenvalue weighted by molar-refractivity contribution is 8.01. The molecule has 2 aromatic rings. The van der Waals surface area contributed by atoms with E-state index in [9.17, 15) is 0 Å². The summed E-state index contributed by atoms with van der Waals surface area (Å²) in [4.78, 5) is 0. The molecule has 0 aliphatic carbocycles. The molecule has 0 fully saturated rings. The Balaban J connectivity index is 2.07. The van der Waals surface area contributed by atoms with Gasteiger partial charge in [0.2, 0.25) is 0 Å². The molecule has 1 atom stereocenters. The Hall–Kier alpha value is -1.11. The summed E-state index contributed by atoms with van der Waals surface area (Å²) in [6.07, 6.45) is 0. The molecule has 0 amide bonds. The Morgan fingerprint density at radius 2 is 2.16 bits per heavy atom. The van der Waals surface area contributed by atoms with Crippen LogP contribution in [0.1, 0.15) is 16.6 Å². The van der Waals surface area contributed by atoms with Crippen LogP contribution >= 0.6 is 23.1 Å². The van der Waals surface area contributed by atoms with Gasteiger partial charge in [0.1, 0.15) is 10.8 Å². The molecule has 1 unspecified atom stereocenters. The molecule has 0 spiro atoms. The molecule has 0 aliphatic heterocycles. The summed E-state index contributed by atoms with van der Waals surface area (Å²) in [5, 5.41) is 12.5. The Morgan fingerprint density at radius 1 is 1.37 bits per heavy atom. The second-order valence-electron chi connectivity index (χ2n) is 3.98. The second kappa shape index (κ2) is 6.88. The first kappa shape index (κ1) is 14.3. The minimum absolute atomic E-state index is 0.227. The van der Waals surface area contributed by atoms with E-state index in [4.69, 9.17) is 4.74 Å². The first-order chi connectivity index (χ1) is 9.24. The fourth-order valence-electron chi connectivity index (χ4n) is 1.77. The Bertz CT molecular complexity index is 530. The number of methoxy groups -OCH3 is 1. The molecule has 102 valence electrons. The highest BCUT2D eigenvalue weighted by Gasteiger charge is 2.15. The van der Waals surface area contributed by atoms with E-state index in [1.54, 1.807) is 30.2 Å². The maximum Gasteiger partial charge on any atom is 0.174 e. The minimum Gasteiger partial charge on any atom is -0.496 e. The largest absolute Gasteiger partial charge is 0.496 e. The molecular formula is C13H17N3OS2. The number of benzene rings is 1. The van der Waals surface area contributed by atoms with E-state index in [1.165, 1.54) is 5.56 Å². The van der Waals surface area contributed by atoms with Crippen LogP contribution in [0.4, 0.5) is 0 Å². The van der Waals surface area contributed by atoms with Crippen LogP contribution in [-0.2, 0) is 0 Å². The number of para-hydroxylation sites is 1. The molecule has 0 saturated carbocycles. The summed E-state index contributed by atoms with van der Waals surface area (Å²) < 4.78 is 6.42. The van der Waals surface area contributed by atoms with Crippen molar-refractivity contribution in [1.29, 1.82) is 0 Å². The fourth-order valence-corrected chi connectivity index (χ4v) is 3.75. The number of aromatic nitrogens is 2. The molecule has 1 aromatic heterocycles. The third kappa shape index (κ3) is 3.68. The number of rotatable bonds is 6. The molecule has 0 radical (unpaired) electrons. The number of hydrogen-bond acceptors (Lipinski definition) is 6. The number of aryl methyl sites for hydroxylation is 1. The van der Waals surface area contributed by atoms with Crippen LogP contribution in [0.5, 0.6) is 5.75 Å². The minimum atomic E-state index is 0.227. The van der Waals surface area contributed by atoms with Crippen LogP contribution in [0.2, 0.25) is 0 Å². The van der Waals surface area contributed by atoms with Gasteiger partial charge in [-0.1, -0.05) is 41.3 Å². The Morgan fingerprint density at radius 3 is 2.79 bits per heavy atom. The van der Waals surface area contributed by atoms with E-state index in [-0.39, 0.29) is 6.04 Å². The molecule has 1 N–H and O–H groups in total. The van der Waals surface area contributed by atoms with Crippen molar-refractivity contribution in [1.82, 2.24) is 15.5 Å². The molecule has 19 heavy (non-hydrogen) atoms. The lowest BCUT2D eigenvalue weighted by atomic mass is 10.1. The highest BCUT2D eigenvalue weighted by atomic mass is 32.2. The van der Waals surface area contributed by atoms with Crippen molar-refractivity contribution in [2.75, 3.05) is 19.9 Å². The van der Waals surface area contributed by atoms with Crippen LogP contribution in [0.3, 0.4) is 0 Å². The maximum atomic E-state index is 5.41. The Kier molecular flexibility index (Phi) is 5.18. The van der Waals surface area contributed by atoms with E-state index in [0.717, 1.165) is 20.8 Å². The second-order valence-corrected chi connectivity index (χ2v) is 6.43. The van der Waals surface area contributed by atoms with Gasteiger partial charge in [-0.05, 0) is 20.0 Å². The molecule has 1 aromatic carbocycles. The van der Waals surface area contributed by atoms with Crippen molar-refractivity contribution in [2.24, 2.45) is 0 Å². The van der Waals surface area contributed by atoms with Crippen LogP contribution in [-0.4, -0.2) is 30.1 Å². The molecule has 0 saturated heterocycles. The SMILES string of the molecule is CNC(CSc1nnc(C)s1)c1ccccc1OC. The van der Waals surface area contributed by atoms with Gasteiger partial charge >= 0.3 is 0 Å².